The van der Waals surface area contributed by atoms with Gasteiger partial charge in [-0.25, -0.2) is 9.78 Å². The molecular weight excluding hydrogens is 236 g/mol. The number of thiazole rings is 1. The molecule has 0 saturated heterocycles. The fraction of sp³-hybridized carbons (Fsp3) is 0.583. The minimum absolute atomic E-state index is 0.187. The van der Waals surface area contributed by atoms with E-state index in [0.29, 0.717) is 5.69 Å². The van der Waals surface area contributed by atoms with Crippen LogP contribution in [0.1, 0.15) is 42.2 Å². The molecule has 0 spiro atoms. The highest BCUT2D eigenvalue weighted by atomic mass is 32.1. The van der Waals surface area contributed by atoms with E-state index in [-0.39, 0.29) is 5.41 Å². The molecule has 1 aromatic heterocycles. The van der Waals surface area contributed by atoms with Crippen LogP contribution >= 0.6 is 11.3 Å². The van der Waals surface area contributed by atoms with Crippen LogP contribution in [0.2, 0.25) is 0 Å². The van der Waals surface area contributed by atoms with Crippen molar-refractivity contribution in [3.8, 4) is 6.07 Å². The quantitative estimate of drug-likeness (QED) is 0.756. The van der Waals surface area contributed by atoms with Gasteiger partial charge in [0.1, 0.15) is 10.4 Å². The van der Waals surface area contributed by atoms with Gasteiger partial charge in [0.2, 0.25) is 0 Å². The summed E-state index contributed by atoms with van der Waals surface area (Å²) < 4.78 is 4.61. The van der Waals surface area contributed by atoms with E-state index < -0.39 is 11.4 Å². The van der Waals surface area contributed by atoms with Crippen molar-refractivity contribution in [2.45, 2.75) is 32.1 Å². The van der Waals surface area contributed by atoms with Crippen LogP contribution in [0.25, 0.3) is 0 Å². The number of hydrogen-bond acceptors (Lipinski definition) is 5. The third-order valence-electron chi connectivity index (χ3n) is 3.08. The molecule has 0 N–H and O–H groups in total. The zero-order valence-corrected chi connectivity index (χ0v) is 10.9. The zero-order chi connectivity index (χ0) is 12.7. The topological polar surface area (TPSA) is 63.0 Å². The van der Waals surface area contributed by atoms with Crippen LogP contribution in [0.3, 0.4) is 0 Å². The van der Waals surface area contributed by atoms with Crippen LogP contribution in [0, 0.1) is 16.7 Å². The first-order valence-electron chi connectivity index (χ1n) is 5.38. The molecule has 0 atom stereocenters. The molecule has 2 rings (SSSR count). The number of carbonyl (C=O) groups is 1. The Labute approximate surface area is 104 Å². The predicted molar refractivity (Wildman–Crippen MR) is 63.8 cm³/mol. The molecule has 0 unspecified atom stereocenters. The number of esters is 1. The van der Waals surface area contributed by atoms with Gasteiger partial charge in [-0.05, 0) is 18.3 Å². The second-order valence-electron chi connectivity index (χ2n) is 5.24. The summed E-state index contributed by atoms with van der Waals surface area (Å²) in [6.45, 7) is 4.27. The molecule has 0 aliphatic heterocycles. The van der Waals surface area contributed by atoms with Gasteiger partial charge in [-0.3, -0.25) is 0 Å². The van der Waals surface area contributed by atoms with Gasteiger partial charge in [-0.2, -0.15) is 5.26 Å². The zero-order valence-electron chi connectivity index (χ0n) is 10.1. The predicted octanol–water partition coefficient (Wildman–Crippen LogP) is 2.51. The van der Waals surface area contributed by atoms with E-state index in [1.54, 1.807) is 5.38 Å². The molecule has 0 radical (unpaired) electrons. The lowest BCUT2D eigenvalue weighted by molar-refractivity contribution is 0.0593. The lowest BCUT2D eigenvalue weighted by Crippen LogP contribution is -2.45. The Morgan fingerprint density at radius 1 is 1.59 bits per heavy atom. The van der Waals surface area contributed by atoms with Crippen molar-refractivity contribution in [3.05, 3.63) is 16.1 Å². The molecule has 1 aliphatic rings. The number of nitriles is 1. The molecule has 17 heavy (non-hydrogen) atoms. The fourth-order valence-electron chi connectivity index (χ4n) is 2.55. The van der Waals surface area contributed by atoms with Crippen molar-refractivity contribution in [2.75, 3.05) is 7.11 Å². The third kappa shape index (κ3) is 1.93. The molecule has 1 saturated carbocycles. The number of rotatable bonds is 2. The summed E-state index contributed by atoms with van der Waals surface area (Å²) in [5.74, 6) is -0.445. The Kier molecular flexibility index (Phi) is 2.70. The molecule has 4 nitrogen and oxygen atoms in total. The average molecular weight is 250 g/mol. The van der Waals surface area contributed by atoms with Crippen LogP contribution in [-0.2, 0) is 10.2 Å². The van der Waals surface area contributed by atoms with Gasteiger partial charge in [-0.15, -0.1) is 11.3 Å². The van der Waals surface area contributed by atoms with E-state index >= 15 is 0 Å². The Morgan fingerprint density at radius 3 is 2.71 bits per heavy atom. The SMILES string of the molecule is COC(=O)c1csc(C2(C#N)CC(C)(C)C2)n1. The number of carbonyl (C=O) groups excluding carboxylic acids is 1. The molecule has 0 bridgehead atoms. The summed E-state index contributed by atoms with van der Waals surface area (Å²) in [5, 5.41) is 11.7. The molecule has 0 amide bonds. The third-order valence-corrected chi connectivity index (χ3v) is 4.13. The second kappa shape index (κ2) is 3.81. The maximum atomic E-state index is 11.3. The largest absolute Gasteiger partial charge is 0.464 e. The highest BCUT2D eigenvalue weighted by Gasteiger charge is 2.52. The molecular formula is C12H14N2O2S. The lowest BCUT2D eigenvalue weighted by Gasteiger charge is -2.47. The number of hydrogen-bond donors (Lipinski definition) is 0. The van der Waals surface area contributed by atoms with Gasteiger partial charge in [0.15, 0.2) is 5.69 Å². The van der Waals surface area contributed by atoms with Crippen molar-refractivity contribution in [3.63, 3.8) is 0 Å². The Balaban J connectivity index is 2.26. The van der Waals surface area contributed by atoms with Crippen molar-refractivity contribution in [1.29, 1.82) is 5.26 Å². The van der Waals surface area contributed by atoms with Crippen LogP contribution in [0.5, 0.6) is 0 Å². The minimum Gasteiger partial charge on any atom is -0.464 e. The molecule has 1 aliphatic carbocycles. The van der Waals surface area contributed by atoms with Gasteiger partial charge < -0.3 is 4.74 Å². The minimum atomic E-state index is -0.500. The summed E-state index contributed by atoms with van der Waals surface area (Å²) in [7, 11) is 1.33. The fourth-order valence-corrected chi connectivity index (χ4v) is 3.49. The standard InChI is InChI=1S/C12H14N2O2S/c1-11(2)5-12(6-11,7-13)10-14-8(4-17-10)9(15)16-3/h4H,5-6H2,1-3H3. The first kappa shape index (κ1) is 12.1. The van der Waals surface area contributed by atoms with Crippen molar-refractivity contribution in [2.24, 2.45) is 5.41 Å². The average Bonchev–Trinajstić information content (AvgIpc) is 2.73. The Hall–Kier alpha value is -1.41. The van der Waals surface area contributed by atoms with Crippen LogP contribution in [0.4, 0.5) is 0 Å². The van der Waals surface area contributed by atoms with Crippen molar-refractivity contribution < 1.29 is 9.53 Å². The molecule has 5 heteroatoms. The summed E-state index contributed by atoms with van der Waals surface area (Å²) in [5.41, 5.74) is -0.0142. The van der Waals surface area contributed by atoms with Gasteiger partial charge in [-0.1, -0.05) is 13.8 Å². The maximum Gasteiger partial charge on any atom is 0.357 e. The molecule has 1 aromatic rings. The van der Waals surface area contributed by atoms with E-state index in [9.17, 15) is 10.1 Å². The van der Waals surface area contributed by atoms with Gasteiger partial charge >= 0.3 is 5.97 Å². The van der Waals surface area contributed by atoms with Crippen LogP contribution in [0.15, 0.2) is 5.38 Å². The van der Waals surface area contributed by atoms with Crippen LogP contribution < -0.4 is 0 Å². The molecule has 1 fully saturated rings. The number of methoxy groups -OCH3 is 1. The number of aromatic nitrogens is 1. The van der Waals surface area contributed by atoms with Gasteiger partial charge in [0, 0.05) is 5.38 Å². The summed E-state index contributed by atoms with van der Waals surface area (Å²) >= 11 is 1.37. The Bertz CT molecular complexity index is 491. The number of nitrogens with zero attached hydrogens (tertiary/aromatic N) is 2. The van der Waals surface area contributed by atoms with E-state index in [4.69, 9.17) is 0 Å². The molecule has 90 valence electrons. The maximum absolute atomic E-state index is 11.3. The summed E-state index contributed by atoms with van der Waals surface area (Å²) in [6.07, 6.45) is 1.59. The number of ether oxygens (including phenoxy) is 1. The van der Waals surface area contributed by atoms with Crippen LogP contribution in [-0.4, -0.2) is 18.1 Å². The summed E-state index contributed by atoms with van der Waals surface area (Å²) in [4.78, 5) is 15.5. The van der Waals surface area contributed by atoms with Crippen molar-refractivity contribution in [1.82, 2.24) is 4.98 Å². The Morgan fingerprint density at radius 2 is 2.24 bits per heavy atom. The smallest absolute Gasteiger partial charge is 0.357 e. The second-order valence-corrected chi connectivity index (χ2v) is 6.10. The first-order valence-corrected chi connectivity index (χ1v) is 6.26. The lowest BCUT2D eigenvalue weighted by atomic mass is 9.55. The molecule has 1 heterocycles. The monoisotopic (exact) mass is 250 g/mol. The van der Waals surface area contributed by atoms with Crippen molar-refractivity contribution >= 4 is 17.3 Å². The highest BCUT2D eigenvalue weighted by Crippen LogP contribution is 2.55. The van der Waals surface area contributed by atoms with Gasteiger partial charge in [0.05, 0.1) is 13.2 Å². The van der Waals surface area contributed by atoms with E-state index in [1.165, 1.54) is 18.4 Å². The normalized spacial score (nSPS) is 20.1. The molecule has 0 aromatic carbocycles. The summed E-state index contributed by atoms with van der Waals surface area (Å²) in [6, 6.07) is 2.35. The highest BCUT2D eigenvalue weighted by molar-refractivity contribution is 7.10. The van der Waals surface area contributed by atoms with E-state index in [1.807, 2.05) is 0 Å². The van der Waals surface area contributed by atoms with E-state index in [2.05, 4.69) is 29.6 Å². The van der Waals surface area contributed by atoms with Gasteiger partial charge in [0.25, 0.3) is 0 Å². The first-order chi connectivity index (χ1) is 7.92. The van der Waals surface area contributed by atoms with E-state index in [0.717, 1.165) is 17.8 Å².